The van der Waals surface area contributed by atoms with E-state index in [9.17, 15) is 13.6 Å². The third-order valence-electron chi connectivity index (χ3n) is 2.23. The van der Waals surface area contributed by atoms with Gasteiger partial charge < -0.3 is 10.6 Å². The summed E-state index contributed by atoms with van der Waals surface area (Å²) in [6.45, 7) is 0.122. The van der Waals surface area contributed by atoms with Gasteiger partial charge in [0.2, 0.25) is 11.8 Å². The number of amides is 1. The van der Waals surface area contributed by atoms with Crippen LogP contribution < -0.4 is 10.6 Å². The molecule has 1 aliphatic carbocycles. The molecular weight excluding hydrogens is 178 g/mol. The molecule has 0 radical (unpaired) electrons. The van der Waals surface area contributed by atoms with Crippen molar-refractivity contribution in [1.82, 2.24) is 10.6 Å². The highest BCUT2D eigenvalue weighted by atomic mass is 19.3. The first kappa shape index (κ1) is 10.4. The van der Waals surface area contributed by atoms with Crippen molar-refractivity contribution < 1.29 is 13.6 Å². The molecule has 1 atom stereocenters. The molecule has 5 heteroatoms. The molecular formula is C8H14F2N2O. The van der Waals surface area contributed by atoms with Gasteiger partial charge in [0, 0.05) is 25.9 Å². The van der Waals surface area contributed by atoms with Gasteiger partial charge in [0.1, 0.15) is 0 Å². The smallest absolute Gasteiger partial charge is 0.249 e. The SMILES string of the molecule is CNC(=O)CNC1CCC(F)(F)C1. The van der Waals surface area contributed by atoms with Gasteiger partial charge in [0.25, 0.3) is 0 Å². The molecule has 0 saturated heterocycles. The number of nitrogens with one attached hydrogen (secondary N) is 2. The number of hydrogen-bond donors (Lipinski definition) is 2. The Morgan fingerprint density at radius 1 is 1.62 bits per heavy atom. The lowest BCUT2D eigenvalue weighted by Gasteiger charge is -2.11. The van der Waals surface area contributed by atoms with Crippen LogP contribution in [0.5, 0.6) is 0 Å². The quantitative estimate of drug-likeness (QED) is 0.684. The number of halogens is 2. The predicted molar refractivity (Wildman–Crippen MR) is 44.7 cm³/mol. The topological polar surface area (TPSA) is 41.1 Å². The Morgan fingerprint density at radius 2 is 2.31 bits per heavy atom. The lowest BCUT2D eigenvalue weighted by molar-refractivity contribution is -0.119. The number of hydrogen-bond acceptors (Lipinski definition) is 2. The summed E-state index contributed by atoms with van der Waals surface area (Å²) in [5, 5.41) is 5.22. The van der Waals surface area contributed by atoms with Gasteiger partial charge >= 0.3 is 0 Å². The first-order chi connectivity index (χ1) is 6.03. The molecule has 1 fully saturated rings. The van der Waals surface area contributed by atoms with Crippen molar-refractivity contribution in [1.29, 1.82) is 0 Å². The maximum absolute atomic E-state index is 12.7. The van der Waals surface area contributed by atoms with E-state index in [4.69, 9.17) is 0 Å². The van der Waals surface area contributed by atoms with Crippen molar-refractivity contribution in [2.45, 2.75) is 31.2 Å². The second kappa shape index (κ2) is 4.00. The molecule has 1 saturated carbocycles. The summed E-state index contributed by atoms with van der Waals surface area (Å²) in [4.78, 5) is 10.8. The van der Waals surface area contributed by atoms with Gasteiger partial charge in [-0.25, -0.2) is 8.78 Å². The van der Waals surface area contributed by atoms with Crippen LogP contribution in [0.25, 0.3) is 0 Å². The van der Waals surface area contributed by atoms with E-state index in [0.717, 1.165) is 0 Å². The van der Waals surface area contributed by atoms with Crippen molar-refractivity contribution in [2.75, 3.05) is 13.6 Å². The highest BCUT2D eigenvalue weighted by Crippen LogP contribution is 2.34. The van der Waals surface area contributed by atoms with Crippen molar-refractivity contribution in [3.63, 3.8) is 0 Å². The van der Waals surface area contributed by atoms with Crippen molar-refractivity contribution >= 4 is 5.91 Å². The van der Waals surface area contributed by atoms with Crippen LogP contribution in [0.3, 0.4) is 0 Å². The van der Waals surface area contributed by atoms with Crippen molar-refractivity contribution in [2.24, 2.45) is 0 Å². The van der Waals surface area contributed by atoms with Crippen LogP contribution in [-0.2, 0) is 4.79 Å². The molecule has 1 rings (SSSR count). The number of carbonyl (C=O) groups is 1. The van der Waals surface area contributed by atoms with E-state index in [1.54, 1.807) is 0 Å². The average Bonchev–Trinajstić information content (AvgIpc) is 2.41. The normalized spacial score (nSPS) is 25.9. The maximum Gasteiger partial charge on any atom is 0.249 e. The summed E-state index contributed by atoms with van der Waals surface area (Å²) in [7, 11) is 1.52. The third kappa shape index (κ3) is 3.26. The molecule has 0 spiro atoms. The fourth-order valence-electron chi connectivity index (χ4n) is 1.45. The molecule has 0 aromatic rings. The standard InChI is InChI=1S/C8H14F2N2O/c1-11-7(13)5-12-6-2-3-8(9,10)4-6/h6,12H,2-5H2,1H3,(H,11,13). The van der Waals surface area contributed by atoms with Crippen molar-refractivity contribution in [3.8, 4) is 0 Å². The van der Waals surface area contributed by atoms with Crippen molar-refractivity contribution in [3.05, 3.63) is 0 Å². The third-order valence-corrected chi connectivity index (χ3v) is 2.23. The Morgan fingerprint density at radius 3 is 2.77 bits per heavy atom. The monoisotopic (exact) mass is 192 g/mol. The maximum atomic E-state index is 12.7. The summed E-state index contributed by atoms with van der Waals surface area (Å²) < 4.78 is 25.3. The number of likely N-dealkylation sites (N-methyl/N-ethyl adjacent to an activating group) is 1. The summed E-state index contributed by atoms with van der Waals surface area (Å²) in [6, 6.07) is -0.215. The number of rotatable bonds is 3. The van der Waals surface area contributed by atoms with Crippen LogP contribution in [0.4, 0.5) is 8.78 Å². The fourth-order valence-corrected chi connectivity index (χ4v) is 1.45. The van der Waals surface area contributed by atoms with E-state index < -0.39 is 5.92 Å². The Hall–Kier alpha value is -0.710. The lowest BCUT2D eigenvalue weighted by atomic mass is 10.2. The zero-order valence-electron chi connectivity index (χ0n) is 7.57. The fraction of sp³-hybridized carbons (Fsp3) is 0.875. The second-order valence-electron chi connectivity index (χ2n) is 3.35. The Kier molecular flexibility index (Phi) is 3.19. The summed E-state index contributed by atoms with van der Waals surface area (Å²) >= 11 is 0. The molecule has 0 aliphatic heterocycles. The van der Waals surface area contributed by atoms with Crippen LogP contribution in [0.15, 0.2) is 0 Å². The van der Waals surface area contributed by atoms with Crippen LogP contribution in [0.2, 0.25) is 0 Å². The minimum atomic E-state index is -2.54. The van der Waals surface area contributed by atoms with Gasteiger partial charge in [0.05, 0.1) is 6.54 Å². The Labute approximate surface area is 75.9 Å². The summed E-state index contributed by atoms with van der Waals surface area (Å²) in [6.07, 6.45) is 0.229. The Bertz CT molecular complexity index is 197. The average molecular weight is 192 g/mol. The number of carbonyl (C=O) groups excluding carboxylic acids is 1. The van der Waals surface area contributed by atoms with Crippen LogP contribution in [0, 0.1) is 0 Å². The molecule has 1 unspecified atom stereocenters. The zero-order valence-corrected chi connectivity index (χ0v) is 7.57. The first-order valence-corrected chi connectivity index (χ1v) is 4.35. The van der Waals surface area contributed by atoms with Gasteiger partial charge in [-0.2, -0.15) is 0 Å². The van der Waals surface area contributed by atoms with E-state index in [1.807, 2.05) is 0 Å². The molecule has 76 valence electrons. The molecule has 2 N–H and O–H groups in total. The largest absolute Gasteiger partial charge is 0.358 e. The van der Waals surface area contributed by atoms with E-state index in [1.165, 1.54) is 7.05 Å². The first-order valence-electron chi connectivity index (χ1n) is 4.35. The molecule has 13 heavy (non-hydrogen) atoms. The lowest BCUT2D eigenvalue weighted by Crippen LogP contribution is -2.37. The Balaban J connectivity index is 2.21. The van der Waals surface area contributed by atoms with E-state index in [2.05, 4.69) is 10.6 Å². The second-order valence-corrected chi connectivity index (χ2v) is 3.35. The van der Waals surface area contributed by atoms with E-state index >= 15 is 0 Å². The van der Waals surface area contributed by atoms with Gasteiger partial charge in [-0.15, -0.1) is 0 Å². The van der Waals surface area contributed by atoms with Crippen LogP contribution >= 0.6 is 0 Å². The van der Waals surface area contributed by atoms with E-state index in [-0.39, 0.29) is 31.3 Å². The van der Waals surface area contributed by atoms with E-state index in [0.29, 0.717) is 6.42 Å². The number of alkyl halides is 2. The molecule has 0 heterocycles. The molecule has 3 nitrogen and oxygen atoms in total. The minimum Gasteiger partial charge on any atom is -0.358 e. The van der Waals surface area contributed by atoms with Gasteiger partial charge in [-0.3, -0.25) is 4.79 Å². The summed E-state index contributed by atoms with van der Waals surface area (Å²) in [5.74, 6) is -2.71. The highest BCUT2D eigenvalue weighted by molar-refractivity contribution is 5.77. The van der Waals surface area contributed by atoms with Crippen LogP contribution in [0.1, 0.15) is 19.3 Å². The minimum absolute atomic E-state index is 0.0710. The molecule has 0 bridgehead atoms. The highest BCUT2D eigenvalue weighted by Gasteiger charge is 2.39. The zero-order chi connectivity index (χ0) is 9.90. The predicted octanol–water partition coefficient (Wildman–Crippen LogP) is 0.510. The van der Waals surface area contributed by atoms with Gasteiger partial charge in [-0.05, 0) is 6.42 Å². The summed E-state index contributed by atoms with van der Waals surface area (Å²) in [5.41, 5.74) is 0. The molecule has 0 aromatic carbocycles. The molecule has 1 amide bonds. The molecule has 1 aliphatic rings. The van der Waals surface area contributed by atoms with Gasteiger partial charge in [0.15, 0.2) is 0 Å². The van der Waals surface area contributed by atoms with Crippen LogP contribution in [-0.4, -0.2) is 31.5 Å². The van der Waals surface area contributed by atoms with Gasteiger partial charge in [-0.1, -0.05) is 0 Å². The molecule has 0 aromatic heterocycles.